The van der Waals surface area contributed by atoms with Gasteiger partial charge in [-0.2, -0.15) is 5.10 Å². The van der Waals surface area contributed by atoms with Crippen molar-refractivity contribution in [2.24, 2.45) is 10.1 Å². The summed E-state index contributed by atoms with van der Waals surface area (Å²) in [6.45, 7) is 7.63. The molecule has 11 heteroatoms. The molecule has 0 aliphatic carbocycles. The molecule has 0 spiro atoms. The second-order valence-electron chi connectivity index (χ2n) is 8.53. The minimum atomic E-state index is -0.426. The number of amides is 1. The fourth-order valence-electron chi connectivity index (χ4n) is 4.38. The zero-order valence-corrected chi connectivity index (χ0v) is 20.9. The lowest BCUT2D eigenvalue weighted by atomic mass is 10.1. The summed E-state index contributed by atoms with van der Waals surface area (Å²) in [5.41, 5.74) is 3.24. The third-order valence-electron chi connectivity index (χ3n) is 5.94. The maximum Gasteiger partial charge on any atom is 0.252 e. The van der Waals surface area contributed by atoms with Crippen LogP contribution in [0.15, 0.2) is 28.3 Å². The van der Waals surface area contributed by atoms with E-state index in [-0.39, 0.29) is 11.9 Å². The first-order valence-electron chi connectivity index (χ1n) is 11.9. The lowest BCUT2D eigenvalue weighted by Crippen LogP contribution is -2.54. The molecule has 2 aromatic rings. The monoisotopic (exact) mass is 483 g/mol. The predicted octanol–water partition coefficient (Wildman–Crippen LogP) is 2.08. The van der Waals surface area contributed by atoms with Crippen LogP contribution in [-0.4, -0.2) is 70.5 Å². The van der Waals surface area contributed by atoms with Gasteiger partial charge >= 0.3 is 0 Å². The van der Waals surface area contributed by atoms with Crippen molar-refractivity contribution in [2.45, 2.75) is 65.5 Å². The Hall–Kier alpha value is -3.31. The van der Waals surface area contributed by atoms with Gasteiger partial charge in [-0.1, -0.05) is 18.2 Å². The van der Waals surface area contributed by atoms with Crippen molar-refractivity contribution < 1.29 is 19.0 Å². The molecule has 3 heterocycles. The number of nitrogens with zero attached hydrogens (tertiary/aromatic N) is 6. The van der Waals surface area contributed by atoms with Crippen molar-refractivity contribution in [3.63, 3.8) is 0 Å². The molecular weight excluding hydrogens is 450 g/mol. The standard InChI is InChI=1S/C24H33N7O4/c1-6-8-21-25-15(3)22-24(32)26-23(28-31(21)22)17-11-16(9-10-20(17)35-7-2)12-30-19(14-34-5)18(13-33-4)27-29-30/h9-11,15,22H,6-8,12-14H2,1-5H3,(H,26,28,32). The first-order chi connectivity index (χ1) is 17.0. The summed E-state index contributed by atoms with van der Waals surface area (Å²) in [4.78, 5) is 17.7. The van der Waals surface area contributed by atoms with Gasteiger partial charge in [0.2, 0.25) is 0 Å². The van der Waals surface area contributed by atoms with Gasteiger partial charge in [-0.05, 0) is 38.0 Å². The van der Waals surface area contributed by atoms with Gasteiger partial charge in [0.25, 0.3) is 5.91 Å². The summed E-state index contributed by atoms with van der Waals surface area (Å²) in [7, 11) is 3.26. The first kappa shape index (κ1) is 24.8. The van der Waals surface area contributed by atoms with E-state index in [9.17, 15) is 4.79 Å². The fourth-order valence-corrected chi connectivity index (χ4v) is 4.38. The van der Waals surface area contributed by atoms with Gasteiger partial charge in [0.15, 0.2) is 11.9 Å². The fraction of sp³-hybridized carbons (Fsp3) is 0.542. The molecular formula is C24H33N7O4. The van der Waals surface area contributed by atoms with E-state index in [2.05, 4.69) is 27.5 Å². The van der Waals surface area contributed by atoms with Gasteiger partial charge in [-0.25, -0.2) is 9.69 Å². The molecule has 35 heavy (non-hydrogen) atoms. The zero-order valence-electron chi connectivity index (χ0n) is 20.9. The predicted molar refractivity (Wildman–Crippen MR) is 130 cm³/mol. The number of hydrogen-bond acceptors (Lipinski definition) is 9. The summed E-state index contributed by atoms with van der Waals surface area (Å²) < 4.78 is 18.3. The van der Waals surface area contributed by atoms with Crippen molar-refractivity contribution in [1.82, 2.24) is 25.3 Å². The third-order valence-corrected chi connectivity index (χ3v) is 5.94. The van der Waals surface area contributed by atoms with Crippen LogP contribution in [0.1, 0.15) is 56.1 Å². The largest absolute Gasteiger partial charge is 0.493 e. The van der Waals surface area contributed by atoms with E-state index in [1.165, 1.54) is 0 Å². The van der Waals surface area contributed by atoms with Gasteiger partial charge < -0.3 is 19.5 Å². The normalized spacial score (nSPS) is 19.3. The Morgan fingerprint density at radius 1 is 1.14 bits per heavy atom. The van der Waals surface area contributed by atoms with E-state index in [0.717, 1.165) is 35.6 Å². The molecule has 1 amide bonds. The molecule has 0 bridgehead atoms. The first-order valence-corrected chi connectivity index (χ1v) is 11.9. The number of hydrogen-bond donors (Lipinski definition) is 1. The zero-order chi connectivity index (χ0) is 24.9. The molecule has 11 nitrogen and oxygen atoms in total. The average molecular weight is 484 g/mol. The number of ether oxygens (including phenoxy) is 3. The number of benzene rings is 1. The van der Waals surface area contributed by atoms with Crippen LogP contribution >= 0.6 is 0 Å². The maximum atomic E-state index is 13.0. The van der Waals surface area contributed by atoms with Crippen LogP contribution in [0.5, 0.6) is 5.75 Å². The number of methoxy groups -OCH3 is 2. The summed E-state index contributed by atoms with van der Waals surface area (Å²) in [6, 6.07) is 5.26. The Morgan fingerprint density at radius 3 is 2.66 bits per heavy atom. The van der Waals surface area contributed by atoms with Crippen molar-refractivity contribution in [3.05, 3.63) is 40.7 Å². The summed E-state index contributed by atoms with van der Waals surface area (Å²) in [5, 5.41) is 18.1. The quantitative estimate of drug-likeness (QED) is 0.520. The molecule has 2 unspecified atom stereocenters. The molecule has 0 saturated heterocycles. The van der Waals surface area contributed by atoms with Crippen LogP contribution < -0.4 is 10.1 Å². The average Bonchev–Trinajstić information content (AvgIpc) is 3.36. The summed E-state index contributed by atoms with van der Waals surface area (Å²) in [5.74, 6) is 1.81. The lowest BCUT2D eigenvalue weighted by Gasteiger charge is -2.30. The topological polar surface area (TPSA) is 115 Å². The van der Waals surface area contributed by atoms with Gasteiger partial charge in [0.1, 0.15) is 17.3 Å². The van der Waals surface area contributed by atoms with Crippen LogP contribution in [0.4, 0.5) is 0 Å². The van der Waals surface area contributed by atoms with E-state index in [1.807, 2.05) is 32.0 Å². The molecule has 1 aromatic carbocycles. The van der Waals surface area contributed by atoms with Crippen molar-refractivity contribution in [1.29, 1.82) is 0 Å². The number of rotatable bonds is 11. The maximum absolute atomic E-state index is 13.0. The number of fused-ring (bicyclic) bond motifs is 1. The Balaban J connectivity index is 1.69. The number of hydrazone groups is 1. The van der Waals surface area contributed by atoms with Crippen LogP contribution in [-0.2, 0) is 34.0 Å². The van der Waals surface area contributed by atoms with Crippen LogP contribution in [0.2, 0.25) is 0 Å². The van der Waals surface area contributed by atoms with E-state index in [0.29, 0.717) is 43.5 Å². The van der Waals surface area contributed by atoms with Gasteiger partial charge in [-0.3, -0.25) is 9.79 Å². The molecule has 2 aliphatic rings. The number of carbonyl (C=O) groups is 1. The highest BCUT2D eigenvalue weighted by Gasteiger charge is 2.42. The highest BCUT2D eigenvalue weighted by atomic mass is 16.5. The van der Waals surface area contributed by atoms with Gasteiger partial charge in [0.05, 0.1) is 43.7 Å². The number of nitrogens with one attached hydrogen (secondary N) is 1. The molecule has 188 valence electrons. The second kappa shape index (κ2) is 11.0. The van der Waals surface area contributed by atoms with Gasteiger partial charge in [-0.15, -0.1) is 5.10 Å². The highest BCUT2D eigenvalue weighted by Crippen LogP contribution is 2.28. The van der Waals surface area contributed by atoms with Crippen LogP contribution in [0, 0.1) is 0 Å². The van der Waals surface area contributed by atoms with E-state index < -0.39 is 6.04 Å². The van der Waals surface area contributed by atoms with E-state index in [4.69, 9.17) is 19.3 Å². The minimum absolute atomic E-state index is 0.118. The minimum Gasteiger partial charge on any atom is -0.493 e. The van der Waals surface area contributed by atoms with Crippen molar-refractivity contribution >= 4 is 17.6 Å². The molecule has 1 aromatic heterocycles. The summed E-state index contributed by atoms with van der Waals surface area (Å²) in [6.07, 6.45) is 1.69. The molecule has 0 saturated carbocycles. The highest BCUT2D eigenvalue weighted by molar-refractivity contribution is 6.13. The van der Waals surface area contributed by atoms with E-state index in [1.54, 1.807) is 23.9 Å². The molecule has 4 rings (SSSR count). The Labute approximate surface area is 205 Å². The number of amidine groups is 2. The Morgan fingerprint density at radius 2 is 1.94 bits per heavy atom. The number of carbonyl (C=O) groups excluding carboxylic acids is 1. The molecule has 1 N–H and O–H groups in total. The smallest absolute Gasteiger partial charge is 0.252 e. The third kappa shape index (κ3) is 5.06. The molecule has 2 atom stereocenters. The Bertz CT molecular complexity index is 1130. The van der Waals surface area contributed by atoms with Gasteiger partial charge in [0, 0.05) is 20.6 Å². The lowest BCUT2D eigenvalue weighted by molar-refractivity contribution is -0.124. The Kier molecular flexibility index (Phi) is 7.76. The molecule has 0 fully saturated rings. The second-order valence-corrected chi connectivity index (χ2v) is 8.53. The number of aliphatic imine (C=N–C) groups is 1. The molecule has 2 aliphatic heterocycles. The SMILES string of the molecule is CCCC1=NC(C)C2C(=O)NC(c3cc(Cn4nnc(COC)c4COC)ccc3OCC)=NN12. The van der Waals surface area contributed by atoms with Crippen LogP contribution in [0.3, 0.4) is 0 Å². The number of aromatic nitrogens is 3. The van der Waals surface area contributed by atoms with E-state index >= 15 is 0 Å². The van der Waals surface area contributed by atoms with Crippen molar-refractivity contribution in [3.8, 4) is 5.75 Å². The summed E-state index contributed by atoms with van der Waals surface area (Å²) >= 11 is 0. The van der Waals surface area contributed by atoms with Crippen molar-refractivity contribution in [2.75, 3.05) is 20.8 Å². The van der Waals surface area contributed by atoms with Crippen LogP contribution in [0.25, 0.3) is 0 Å². The molecule has 0 radical (unpaired) electrons.